The Morgan fingerprint density at radius 3 is 2.60 bits per heavy atom. The van der Waals surface area contributed by atoms with E-state index in [4.69, 9.17) is 0 Å². The molecular formula is C18H14N4O2S. The SMILES string of the molecule is C=S(=O)(NC(=O)c1cncc(C#Cc2cn[nH]c2)c1)c1ccccc1. The summed E-state index contributed by atoms with van der Waals surface area (Å²) in [6.07, 6.45) is 6.19. The summed E-state index contributed by atoms with van der Waals surface area (Å²) in [5.74, 6) is 8.90. The van der Waals surface area contributed by atoms with E-state index in [1.807, 2.05) is 0 Å². The van der Waals surface area contributed by atoms with Gasteiger partial charge in [-0.15, -0.1) is 0 Å². The van der Waals surface area contributed by atoms with E-state index in [1.54, 1.807) is 55.0 Å². The van der Waals surface area contributed by atoms with Crippen LogP contribution in [0.3, 0.4) is 0 Å². The van der Waals surface area contributed by atoms with E-state index in [9.17, 15) is 9.00 Å². The van der Waals surface area contributed by atoms with Crippen molar-refractivity contribution < 1.29 is 9.00 Å². The summed E-state index contributed by atoms with van der Waals surface area (Å²) in [6, 6.07) is 10.2. The van der Waals surface area contributed by atoms with Crippen molar-refractivity contribution in [1.29, 1.82) is 0 Å². The molecule has 1 atom stereocenters. The van der Waals surface area contributed by atoms with Crippen LogP contribution in [0.1, 0.15) is 21.5 Å². The third-order valence-electron chi connectivity index (χ3n) is 3.23. The maximum Gasteiger partial charge on any atom is 0.264 e. The average Bonchev–Trinajstić information content (AvgIpc) is 3.14. The lowest BCUT2D eigenvalue weighted by molar-refractivity contribution is 0.0982. The zero-order chi connectivity index (χ0) is 17.7. The first kappa shape index (κ1) is 16.5. The van der Waals surface area contributed by atoms with Crippen molar-refractivity contribution in [3.8, 4) is 11.8 Å². The lowest BCUT2D eigenvalue weighted by Crippen LogP contribution is -2.30. The molecule has 124 valence electrons. The van der Waals surface area contributed by atoms with Gasteiger partial charge < -0.3 is 0 Å². The summed E-state index contributed by atoms with van der Waals surface area (Å²) >= 11 is 0. The molecule has 0 saturated heterocycles. The van der Waals surface area contributed by atoms with Crippen LogP contribution in [0.4, 0.5) is 0 Å². The molecule has 6 nitrogen and oxygen atoms in total. The van der Waals surface area contributed by atoms with Crippen molar-refractivity contribution in [2.24, 2.45) is 0 Å². The molecule has 0 bridgehead atoms. The van der Waals surface area contributed by atoms with Crippen LogP contribution in [0.25, 0.3) is 0 Å². The molecular weight excluding hydrogens is 336 g/mol. The van der Waals surface area contributed by atoms with Gasteiger partial charge in [0, 0.05) is 29.0 Å². The normalized spacial score (nSPS) is 12.5. The second-order valence-corrected chi connectivity index (χ2v) is 7.14. The van der Waals surface area contributed by atoms with E-state index in [2.05, 4.69) is 37.6 Å². The Hall–Kier alpha value is -3.37. The van der Waals surface area contributed by atoms with Gasteiger partial charge in [0.25, 0.3) is 5.91 Å². The maximum absolute atomic E-state index is 12.6. The van der Waals surface area contributed by atoms with Crippen LogP contribution >= 0.6 is 0 Å². The third kappa shape index (κ3) is 4.13. The van der Waals surface area contributed by atoms with Crippen molar-refractivity contribution in [1.82, 2.24) is 19.9 Å². The molecule has 0 aliphatic heterocycles. The predicted octanol–water partition coefficient (Wildman–Crippen LogP) is 1.62. The number of nitrogens with zero attached hydrogens (tertiary/aromatic N) is 2. The Kier molecular flexibility index (Phi) is 4.64. The molecule has 0 radical (unpaired) electrons. The zero-order valence-corrected chi connectivity index (χ0v) is 13.9. The summed E-state index contributed by atoms with van der Waals surface area (Å²) in [6.45, 7) is 0. The van der Waals surface area contributed by atoms with E-state index in [0.29, 0.717) is 10.5 Å². The maximum atomic E-state index is 12.6. The molecule has 2 N–H and O–H groups in total. The van der Waals surface area contributed by atoms with E-state index >= 15 is 0 Å². The standard InChI is InChI=1S/C18H14N4O2S/c1-25(24,17-5-3-2-4-6-17)22-18(23)16-9-14(10-19-13-16)7-8-15-11-20-21-12-15/h2-6,9-13H,1H2,(H,20,21)(H,22,23,24). The fourth-order valence-corrected chi connectivity index (χ4v) is 3.14. The number of hydrogen-bond acceptors (Lipinski definition) is 4. The predicted molar refractivity (Wildman–Crippen MR) is 96.2 cm³/mol. The summed E-state index contributed by atoms with van der Waals surface area (Å²) in [5.41, 5.74) is 1.54. The van der Waals surface area contributed by atoms with Gasteiger partial charge in [-0.3, -0.25) is 19.6 Å². The quantitative estimate of drug-likeness (QED) is 0.555. The van der Waals surface area contributed by atoms with Crippen molar-refractivity contribution in [2.75, 3.05) is 0 Å². The minimum atomic E-state index is -2.94. The average molecular weight is 350 g/mol. The number of carbonyl (C=O) groups is 1. The number of benzene rings is 1. The molecule has 1 aromatic carbocycles. The van der Waals surface area contributed by atoms with Crippen LogP contribution < -0.4 is 4.72 Å². The number of nitrogens with one attached hydrogen (secondary N) is 2. The van der Waals surface area contributed by atoms with Gasteiger partial charge in [0.2, 0.25) is 0 Å². The zero-order valence-electron chi connectivity index (χ0n) is 13.1. The summed E-state index contributed by atoms with van der Waals surface area (Å²) in [7, 11) is -2.94. The lowest BCUT2D eigenvalue weighted by Gasteiger charge is -2.11. The number of rotatable bonds is 3. The van der Waals surface area contributed by atoms with Gasteiger partial charge in [0.05, 0.1) is 27.0 Å². The Morgan fingerprint density at radius 2 is 1.88 bits per heavy atom. The molecule has 0 aliphatic carbocycles. The van der Waals surface area contributed by atoms with E-state index in [-0.39, 0.29) is 5.56 Å². The molecule has 1 amide bonds. The van der Waals surface area contributed by atoms with E-state index < -0.39 is 15.6 Å². The number of carbonyl (C=O) groups excluding carboxylic acids is 1. The van der Waals surface area contributed by atoms with Gasteiger partial charge in [0.15, 0.2) is 0 Å². The van der Waals surface area contributed by atoms with Crippen LogP contribution in [0.2, 0.25) is 0 Å². The van der Waals surface area contributed by atoms with Crippen LogP contribution in [0.15, 0.2) is 66.1 Å². The highest BCUT2D eigenvalue weighted by molar-refractivity contribution is 7.99. The van der Waals surface area contributed by atoms with Gasteiger partial charge >= 0.3 is 0 Å². The highest BCUT2D eigenvalue weighted by Crippen LogP contribution is 2.09. The summed E-state index contributed by atoms with van der Waals surface area (Å²) in [4.78, 5) is 16.8. The first-order valence-electron chi connectivity index (χ1n) is 7.25. The van der Waals surface area contributed by atoms with Crippen molar-refractivity contribution >= 4 is 21.5 Å². The van der Waals surface area contributed by atoms with E-state index in [0.717, 1.165) is 5.56 Å². The van der Waals surface area contributed by atoms with Crippen LogP contribution in [-0.4, -0.2) is 31.2 Å². The Balaban J connectivity index is 1.80. The highest BCUT2D eigenvalue weighted by atomic mass is 32.2. The van der Waals surface area contributed by atoms with Gasteiger partial charge in [-0.1, -0.05) is 30.0 Å². The molecule has 0 spiro atoms. The number of pyridine rings is 1. The number of H-pyrrole nitrogens is 1. The Bertz CT molecular complexity index is 1050. The molecule has 0 aliphatic rings. The van der Waals surface area contributed by atoms with E-state index in [1.165, 1.54) is 6.20 Å². The number of aromatic nitrogens is 3. The smallest absolute Gasteiger partial charge is 0.264 e. The third-order valence-corrected chi connectivity index (χ3v) is 4.78. The topological polar surface area (TPSA) is 87.7 Å². The number of hydrogen-bond donors (Lipinski definition) is 2. The largest absolute Gasteiger partial charge is 0.284 e. The van der Waals surface area contributed by atoms with Gasteiger partial charge in [-0.25, -0.2) is 4.21 Å². The van der Waals surface area contributed by atoms with Gasteiger partial charge in [-0.2, -0.15) is 5.10 Å². The fraction of sp³-hybridized carbons (Fsp3) is 0. The summed E-state index contributed by atoms with van der Waals surface area (Å²) < 4.78 is 15.1. The molecule has 25 heavy (non-hydrogen) atoms. The van der Waals surface area contributed by atoms with Crippen molar-refractivity contribution in [3.63, 3.8) is 0 Å². The summed E-state index contributed by atoms with van der Waals surface area (Å²) in [5, 5.41) is 6.47. The molecule has 0 saturated carbocycles. The molecule has 7 heteroatoms. The van der Waals surface area contributed by atoms with Gasteiger partial charge in [0.1, 0.15) is 0 Å². The monoisotopic (exact) mass is 350 g/mol. The molecule has 3 aromatic rings. The molecule has 3 rings (SSSR count). The fourth-order valence-electron chi connectivity index (χ4n) is 2.00. The number of amides is 1. The molecule has 1 unspecified atom stereocenters. The number of aromatic amines is 1. The highest BCUT2D eigenvalue weighted by Gasteiger charge is 2.13. The molecule has 2 aromatic heterocycles. The second kappa shape index (κ2) is 7.03. The van der Waals surface area contributed by atoms with Crippen LogP contribution in [-0.2, 0) is 9.71 Å². The molecule has 0 fully saturated rings. The Morgan fingerprint density at radius 1 is 1.12 bits per heavy atom. The first-order valence-corrected chi connectivity index (χ1v) is 8.97. The Labute approximate surface area is 145 Å². The second-order valence-electron chi connectivity index (χ2n) is 5.12. The molecule has 2 heterocycles. The van der Waals surface area contributed by atoms with Crippen molar-refractivity contribution in [3.05, 3.63) is 77.9 Å². The minimum absolute atomic E-state index is 0.256. The first-order chi connectivity index (χ1) is 12.0. The lowest BCUT2D eigenvalue weighted by atomic mass is 10.2. The van der Waals surface area contributed by atoms with Crippen molar-refractivity contribution in [2.45, 2.75) is 4.90 Å². The van der Waals surface area contributed by atoms with Crippen LogP contribution in [0, 0.1) is 11.8 Å². The minimum Gasteiger partial charge on any atom is -0.284 e. The van der Waals surface area contributed by atoms with Crippen LogP contribution in [0.5, 0.6) is 0 Å². The van der Waals surface area contributed by atoms with Gasteiger partial charge in [-0.05, 0) is 24.1 Å².